The first kappa shape index (κ1) is 46.1. The lowest BCUT2D eigenvalue weighted by atomic mass is 9.67. The minimum absolute atomic E-state index is 0.506. The molecule has 83 heavy (non-hydrogen) atoms. The van der Waals surface area contributed by atoms with E-state index in [4.69, 9.17) is 8.83 Å². The third kappa shape index (κ3) is 6.28. The second-order valence-corrected chi connectivity index (χ2v) is 22.5. The fraction of sp³-hybridized carbons (Fsp3) is 0.0250. The lowest BCUT2D eigenvalue weighted by Crippen LogP contribution is -2.28. The Morgan fingerprint density at radius 3 is 1.34 bits per heavy atom. The van der Waals surface area contributed by atoms with Gasteiger partial charge in [-0.25, -0.2) is 0 Å². The van der Waals surface area contributed by atoms with Crippen molar-refractivity contribution in [1.29, 1.82) is 0 Å². The molecule has 13 aromatic carbocycles. The number of para-hydroxylation sites is 1. The summed E-state index contributed by atoms with van der Waals surface area (Å²) in [5.74, 6) is 0. The number of anilines is 3. The molecule has 0 saturated carbocycles. The second kappa shape index (κ2) is 17.4. The first-order valence-electron chi connectivity index (χ1n) is 28.7. The lowest BCUT2D eigenvalue weighted by molar-refractivity contribution is 0.664. The van der Waals surface area contributed by atoms with Crippen LogP contribution in [0.4, 0.5) is 17.1 Å². The van der Waals surface area contributed by atoms with Crippen LogP contribution in [-0.2, 0) is 10.8 Å². The van der Waals surface area contributed by atoms with Crippen LogP contribution in [0.1, 0.15) is 44.5 Å². The van der Waals surface area contributed by atoms with Gasteiger partial charge in [0, 0.05) is 50.2 Å². The monoisotopic (exact) mass is 1060 g/mol. The van der Waals surface area contributed by atoms with Gasteiger partial charge in [-0.2, -0.15) is 0 Å². The van der Waals surface area contributed by atoms with Crippen LogP contribution < -0.4 is 4.90 Å². The summed E-state index contributed by atoms with van der Waals surface area (Å²) < 4.78 is 14.4. The van der Waals surface area contributed by atoms with Crippen molar-refractivity contribution in [3.05, 3.63) is 342 Å². The summed E-state index contributed by atoms with van der Waals surface area (Å²) in [5.41, 5.74) is 27.5. The third-order valence-corrected chi connectivity index (χ3v) is 18.6. The van der Waals surface area contributed by atoms with Crippen LogP contribution in [0.5, 0.6) is 0 Å². The highest BCUT2D eigenvalue weighted by atomic mass is 16.3. The van der Waals surface area contributed by atoms with Crippen molar-refractivity contribution in [2.24, 2.45) is 0 Å². The Bertz CT molecular complexity index is 5040. The van der Waals surface area contributed by atoms with Crippen LogP contribution >= 0.6 is 0 Å². The van der Waals surface area contributed by atoms with Crippen LogP contribution in [0, 0.1) is 0 Å². The van der Waals surface area contributed by atoms with Gasteiger partial charge >= 0.3 is 0 Å². The van der Waals surface area contributed by atoms with E-state index in [0.717, 1.165) is 77.6 Å². The molecule has 0 saturated heterocycles. The number of fused-ring (bicyclic) bond motifs is 19. The quantitative estimate of drug-likeness (QED) is 0.159. The molecule has 0 atom stereocenters. The highest BCUT2D eigenvalue weighted by molar-refractivity contribution is 6.24. The fourth-order valence-corrected chi connectivity index (χ4v) is 15.2. The number of rotatable bonds is 7. The number of hydrogen-bond donors (Lipinski definition) is 0. The zero-order valence-electron chi connectivity index (χ0n) is 45.1. The van der Waals surface area contributed by atoms with Crippen LogP contribution in [0.15, 0.2) is 306 Å². The lowest BCUT2D eigenvalue weighted by Gasteiger charge is -2.35. The summed E-state index contributed by atoms with van der Waals surface area (Å²) >= 11 is 0. The molecule has 0 radical (unpaired) electrons. The predicted molar refractivity (Wildman–Crippen MR) is 340 cm³/mol. The molecule has 0 fully saturated rings. The van der Waals surface area contributed by atoms with Gasteiger partial charge in [-0.05, 0) is 149 Å². The largest absolute Gasteiger partial charge is 0.456 e. The van der Waals surface area contributed by atoms with Gasteiger partial charge in [0.1, 0.15) is 22.3 Å². The molecule has 0 N–H and O–H groups in total. The third-order valence-electron chi connectivity index (χ3n) is 18.6. The van der Waals surface area contributed by atoms with Crippen LogP contribution in [0.2, 0.25) is 0 Å². The molecule has 2 heterocycles. The van der Waals surface area contributed by atoms with Gasteiger partial charge in [0.15, 0.2) is 0 Å². The molecule has 3 aliphatic rings. The molecule has 0 unspecified atom stereocenters. The second-order valence-electron chi connectivity index (χ2n) is 22.5. The van der Waals surface area contributed by atoms with E-state index >= 15 is 0 Å². The van der Waals surface area contributed by atoms with E-state index in [-0.39, 0.29) is 0 Å². The number of benzene rings is 13. The Labute approximate surface area is 480 Å². The molecule has 0 aliphatic heterocycles. The van der Waals surface area contributed by atoms with Crippen LogP contribution in [-0.4, -0.2) is 0 Å². The standard InChI is InChI=1S/C80H49NO2/c1-4-20-50(21-5-1)51-36-39-55(40-37-51)81(56-41-44-63-60-28-10-15-31-67(60)79(72(63)47-56,53-22-6-2-7-23-53)54-24-8-3-9-25-54)57-42-45-64-66-49-75-77(65-30-14-19-35-73(65)82-75)76(78(66)83-74(64)48-57)52-38-43-62-61-29-13-18-34-70(61)80(71(62)46-52)68-32-16-11-26-58(68)59-27-12-17-33-69(59)80/h1-49H. The fourth-order valence-electron chi connectivity index (χ4n) is 15.2. The molecule has 2 aromatic heterocycles. The van der Waals surface area contributed by atoms with Crippen molar-refractivity contribution in [3.63, 3.8) is 0 Å². The molecule has 3 aliphatic carbocycles. The highest BCUT2D eigenvalue weighted by Crippen LogP contribution is 2.64. The van der Waals surface area contributed by atoms with Crippen molar-refractivity contribution in [1.82, 2.24) is 0 Å². The number of furan rings is 2. The van der Waals surface area contributed by atoms with E-state index in [1.807, 2.05) is 0 Å². The zero-order valence-corrected chi connectivity index (χ0v) is 45.1. The molecule has 3 heteroatoms. The van der Waals surface area contributed by atoms with E-state index in [1.165, 1.54) is 83.5 Å². The summed E-state index contributed by atoms with van der Waals surface area (Å²) in [5, 5.41) is 4.13. The molecule has 3 nitrogen and oxygen atoms in total. The van der Waals surface area contributed by atoms with E-state index < -0.39 is 10.8 Å². The van der Waals surface area contributed by atoms with Gasteiger partial charge in [0.25, 0.3) is 0 Å². The summed E-state index contributed by atoms with van der Waals surface area (Å²) in [4.78, 5) is 2.40. The molecule has 0 amide bonds. The Hall–Kier alpha value is -10.7. The molecule has 15 aromatic rings. The minimum Gasteiger partial charge on any atom is -0.456 e. The Balaban J connectivity index is 0.869. The molecule has 1 spiro atoms. The van der Waals surface area contributed by atoms with Crippen molar-refractivity contribution in [2.45, 2.75) is 10.8 Å². The maximum Gasteiger partial charge on any atom is 0.144 e. The van der Waals surface area contributed by atoms with Gasteiger partial charge in [-0.1, -0.05) is 237 Å². The highest BCUT2D eigenvalue weighted by Gasteiger charge is 2.52. The average molecular weight is 1060 g/mol. The van der Waals surface area contributed by atoms with Gasteiger partial charge < -0.3 is 13.7 Å². The van der Waals surface area contributed by atoms with Crippen molar-refractivity contribution >= 4 is 60.9 Å². The summed E-state index contributed by atoms with van der Waals surface area (Å²) in [6.45, 7) is 0. The van der Waals surface area contributed by atoms with E-state index in [1.54, 1.807) is 0 Å². The summed E-state index contributed by atoms with van der Waals surface area (Å²) in [6.07, 6.45) is 0. The first-order valence-corrected chi connectivity index (χ1v) is 28.7. The average Bonchev–Trinajstić information content (AvgIpc) is 1.72. The van der Waals surface area contributed by atoms with E-state index in [2.05, 4.69) is 302 Å². The van der Waals surface area contributed by atoms with Crippen molar-refractivity contribution < 1.29 is 8.83 Å². The SMILES string of the molecule is c1ccc(-c2ccc(N(c3ccc4c(c3)C(c3ccccc3)(c3ccccc3)c3ccccc3-4)c3ccc4c(c3)oc3c(-c5ccc6c(c5)C5(c7ccccc7-c7ccccc75)c5ccccc5-6)c5c(cc34)oc3ccccc35)cc2)cc1. The van der Waals surface area contributed by atoms with Gasteiger partial charge in [0.05, 0.1) is 10.8 Å². The topological polar surface area (TPSA) is 29.5 Å². The maximum absolute atomic E-state index is 7.51. The van der Waals surface area contributed by atoms with Gasteiger partial charge in [-0.15, -0.1) is 0 Å². The number of hydrogen-bond acceptors (Lipinski definition) is 3. The van der Waals surface area contributed by atoms with E-state index in [9.17, 15) is 0 Å². The number of nitrogens with zero attached hydrogens (tertiary/aromatic N) is 1. The Morgan fingerprint density at radius 1 is 0.253 bits per heavy atom. The summed E-state index contributed by atoms with van der Waals surface area (Å²) in [7, 11) is 0. The van der Waals surface area contributed by atoms with Crippen LogP contribution in [0.25, 0.3) is 99.5 Å². The van der Waals surface area contributed by atoms with Crippen molar-refractivity contribution in [3.8, 4) is 55.6 Å². The van der Waals surface area contributed by atoms with E-state index in [0.29, 0.717) is 0 Å². The zero-order chi connectivity index (χ0) is 54.4. The molecule has 386 valence electrons. The normalized spacial score (nSPS) is 13.7. The minimum atomic E-state index is -0.571. The predicted octanol–water partition coefficient (Wildman–Crippen LogP) is 21.0. The smallest absolute Gasteiger partial charge is 0.144 e. The first-order chi connectivity index (χ1) is 41.2. The van der Waals surface area contributed by atoms with Gasteiger partial charge in [-0.3, -0.25) is 0 Å². The Kier molecular flexibility index (Phi) is 9.64. The molecular weight excluding hydrogens is 1010 g/mol. The maximum atomic E-state index is 7.51. The summed E-state index contributed by atoms with van der Waals surface area (Å²) in [6, 6.07) is 109. The van der Waals surface area contributed by atoms with Crippen LogP contribution in [0.3, 0.4) is 0 Å². The Morgan fingerprint density at radius 2 is 0.711 bits per heavy atom. The molecule has 18 rings (SSSR count). The molecular formula is C80H49NO2. The molecule has 0 bridgehead atoms. The van der Waals surface area contributed by atoms with Crippen molar-refractivity contribution in [2.75, 3.05) is 4.90 Å². The van der Waals surface area contributed by atoms with Gasteiger partial charge in [0.2, 0.25) is 0 Å².